The lowest BCUT2D eigenvalue weighted by molar-refractivity contribution is -0.385. The number of allylic oxidation sites excluding steroid dienone is 1. The molecule has 0 amide bonds. The number of nitro benzene ring substituents is 1. The van der Waals surface area contributed by atoms with Gasteiger partial charge in [-0.1, -0.05) is 12.1 Å². The van der Waals surface area contributed by atoms with E-state index in [4.69, 9.17) is 4.74 Å². The number of benzene rings is 1. The highest BCUT2D eigenvalue weighted by atomic mass is 16.6. The van der Waals surface area contributed by atoms with E-state index in [1.165, 1.54) is 24.2 Å². The van der Waals surface area contributed by atoms with Crippen LogP contribution in [0.15, 0.2) is 41.9 Å². The first-order valence-electron chi connectivity index (χ1n) is 6.73. The van der Waals surface area contributed by atoms with Gasteiger partial charge in [-0.25, -0.2) is 9.48 Å². The van der Waals surface area contributed by atoms with E-state index in [0.29, 0.717) is 17.2 Å². The summed E-state index contributed by atoms with van der Waals surface area (Å²) in [7, 11) is 1.26. The largest absolute Gasteiger partial charge is 0.466 e. The van der Waals surface area contributed by atoms with Crippen LogP contribution in [0.1, 0.15) is 18.5 Å². The topological polar surface area (TPSA) is 112 Å². The first kappa shape index (κ1) is 14.7. The molecular weight excluding hydrogens is 302 g/mol. The molecule has 9 heteroatoms. The molecular formula is C14H13N5O4. The molecule has 1 aromatic carbocycles. The zero-order chi connectivity index (χ0) is 16.6. The average molecular weight is 315 g/mol. The van der Waals surface area contributed by atoms with Crippen molar-refractivity contribution in [2.24, 2.45) is 0 Å². The molecule has 118 valence electrons. The highest BCUT2D eigenvalue weighted by Gasteiger charge is 2.37. The summed E-state index contributed by atoms with van der Waals surface area (Å²) in [5.41, 5.74) is 1.00. The van der Waals surface area contributed by atoms with Crippen molar-refractivity contribution in [2.75, 3.05) is 12.4 Å². The predicted octanol–water partition coefficient (Wildman–Crippen LogP) is 1.65. The molecule has 1 aromatic heterocycles. The van der Waals surface area contributed by atoms with Crippen LogP contribution in [0.25, 0.3) is 0 Å². The van der Waals surface area contributed by atoms with Gasteiger partial charge in [0.15, 0.2) is 0 Å². The van der Waals surface area contributed by atoms with E-state index in [1.807, 2.05) is 0 Å². The molecule has 23 heavy (non-hydrogen) atoms. The summed E-state index contributed by atoms with van der Waals surface area (Å²) >= 11 is 0. The molecule has 0 aliphatic carbocycles. The number of aromatic nitrogens is 3. The lowest BCUT2D eigenvalue weighted by Crippen LogP contribution is -2.29. The van der Waals surface area contributed by atoms with E-state index in [1.54, 1.807) is 25.1 Å². The molecule has 0 radical (unpaired) electrons. The number of nitrogens with zero attached hydrogens (tertiary/aromatic N) is 4. The molecule has 0 saturated carbocycles. The third-order valence-corrected chi connectivity index (χ3v) is 3.63. The fourth-order valence-electron chi connectivity index (χ4n) is 2.64. The van der Waals surface area contributed by atoms with Crippen LogP contribution < -0.4 is 5.32 Å². The van der Waals surface area contributed by atoms with Crippen molar-refractivity contribution < 1.29 is 14.5 Å². The first-order valence-corrected chi connectivity index (χ1v) is 6.73. The lowest BCUT2D eigenvalue weighted by atomic mass is 9.94. The number of carbonyl (C=O) groups is 1. The van der Waals surface area contributed by atoms with Gasteiger partial charge in [0.1, 0.15) is 12.4 Å². The van der Waals surface area contributed by atoms with Gasteiger partial charge in [-0.2, -0.15) is 10.1 Å². The summed E-state index contributed by atoms with van der Waals surface area (Å²) in [4.78, 5) is 27.2. The quantitative estimate of drug-likeness (QED) is 0.520. The molecule has 0 fully saturated rings. The normalized spacial score (nSPS) is 16.5. The van der Waals surface area contributed by atoms with Crippen molar-refractivity contribution in [3.63, 3.8) is 0 Å². The van der Waals surface area contributed by atoms with Crippen LogP contribution in [0.5, 0.6) is 0 Å². The van der Waals surface area contributed by atoms with Crippen LogP contribution in [0.4, 0.5) is 11.6 Å². The van der Waals surface area contributed by atoms with Crippen LogP contribution in [-0.4, -0.2) is 32.8 Å². The Morgan fingerprint density at radius 1 is 1.43 bits per heavy atom. The Labute approximate surface area is 130 Å². The van der Waals surface area contributed by atoms with Crippen LogP contribution >= 0.6 is 0 Å². The zero-order valence-corrected chi connectivity index (χ0v) is 12.4. The minimum Gasteiger partial charge on any atom is -0.466 e. The summed E-state index contributed by atoms with van der Waals surface area (Å²) in [5.74, 6) is -0.183. The molecule has 2 heterocycles. The summed E-state index contributed by atoms with van der Waals surface area (Å²) in [5, 5.41) is 18.4. The standard InChI is InChI=1S/C14H13N5O4/c1-8-11(13(20)23-2)12(18-14(17-8)15-7-16-18)9-5-3-4-6-10(9)19(21)22/h3-7,12H,1-2H3,(H,15,16,17). The van der Waals surface area contributed by atoms with Crippen LogP contribution in [0.2, 0.25) is 0 Å². The van der Waals surface area contributed by atoms with Crippen molar-refractivity contribution in [2.45, 2.75) is 13.0 Å². The third-order valence-electron chi connectivity index (χ3n) is 3.63. The molecule has 1 atom stereocenters. The monoisotopic (exact) mass is 315 g/mol. The van der Waals surface area contributed by atoms with Gasteiger partial charge in [-0.05, 0) is 13.0 Å². The molecule has 1 aliphatic rings. The van der Waals surface area contributed by atoms with Gasteiger partial charge in [0.05, 0.1) is 23.2 Å². The van der Waals surface area contributed by atoms with E-state index in [-0.39, 0.29) is 11.3 Å². The fourth-order valence-corrected chi connectivity index (χ4v) is 2.64. The molecule has 0 bridgehead atoms. The van der Waals surface area contributed by atoms with Crippen molar-refractivity contribution in [1.82, 2.24) is 14.8 Å². The first-order chi connectivity index (χ1) is 11.0. The van der Waals surface area contributed by atoms with Crippen LogP contribution in [0.3, 0.4) is 0 Å². The Kier molecular flexibility index (Phi) is 3.53. The van der Waals surface area contributed by atoms with Gasteiger partial charge in [0, 0.05) is 11.8 Å². The number of methoxy groups -OCH3 is 1. The summed E-state index contributed by atoms with van der Waals surface area (Å²) in [6.07, 6.45) is 1.32. The van der Waals surface area contributed by atoms with E-state index >= 15 is 0 Å². The zero-order valence-electron chi connectivity index (χ0n) is 12.4. The molecule has 2 aromatic rings. The highest BCUT2D eigenvalue weighted by molar-refractivity contribution is 5.92. The van der Waals surface area contributed by atoms with Crippen molar-refractivity contribution in [3.05, 3.63) is 57.5 Å². The van der Waals surface area contributed by atoms with E-state index < -0.39 is 16.9 Å². The number of carbonyl (C=O) groups excluding carboxylic acids is 1. The number of nitro groups is 1. The molecule has 0 spiro atoms. The third kappa shape index (κ3) is 2.31. The van der Waals surface area contributed by atoms with Gasteiger partial charge in [-0.15, -0.1) is 0 Å². The Balaban J connectivity index is 2.26. The Bertz CT molecular complexity index is 826. The van der Waals surface area contributed by atoms with E-state index in [2.05, 4.69) is 15.4 Å². The molecule has 1 aliphatic heterocycles. The number of ether oxygens (including phenoxy) is 1. The van der Waals surface area contributed by atoms with Gasteiger partial charge < -0.3 is 10.1 Å². The number of esters is 1. The lowest BCUT2D eigenvalue weighted by Gasteiger charge is -2.27. The number of hydrogen-bond donors (Lipinski definition) is 1. The van der Waals surface area contributed by atoms with Crippen molar-refractivity contribution in [3.8, 4) is 0 Å². The average Bonchev–Trinajstić information content (AvgIpc) is 3.00. The number of hydrogen-bond acceptors (Lipinski definition) is 7. The second-order valence-electron chi connectivity index (χ2n) is 4.90. The predicted molar refractivity (Wildman–Crippen MR) is 79.6 cm³/mol. The number of anilines is 1. The smallest absolute Gasteiger partial charge is 0.338 e. The SMILES string of the molecule is COC(=O)C1=C(C)Nc2ncnn2C1c1ccccc1[N+](=O)[O-]. The second kappa shape index (κ2) is 5.52. The van der Waals surface area contributed by atoms with E-state index in [9.17, 15) is 14.9 Å². The van der Waals surface area contributed by atoms with Crippen molar-refractivity contribution in [1.29, 1.82) is 0 Å². The maximum Gasteiger partial charge on any atom is 0.338 e. The van der Waals surface area contributed by atoms with Crippen LogP contribution in [0, 0.1) is 10.1 Å². The number of para-hydroxylation sites is 1. The summed E-state index contributed by atoms with van der Waals surface area (Å²) in [6.45, 7) is 1.69. The van der Waals surface area contributed by atoms with Gasteiger partial charge in [-0.3, -0.25) is 10.1 Å². The second-order valence-corrected chi connectivity index (χ2v) is 4.90. The van der Waals surface area contributed by atoms with Gasteiger partial charge in [0.2, 0.25) is 5.95 Å². The Morgan fingerprint density at radius 2 is 2.17 bits per heavy atom. The van der Waals surface area contributed by atoms with Gasteiger partial charge in [0.25, 0.3) is 5.69 Å². The summed E-state index contributed by atoms with van der Waals surface area (Å²) < 4.78 is 6.27. The fraction of sp³-hybridized carbons (Fsp3) is 0.214. The number of fused-ring (bicyclic) bond motifs is 1. The van der Waals surface area contributed by atoms with Crippen LogP contribution in [-0.2, 0) is 9.53 Å². The summed E-state index contributed by atoms with van der Waals surface area (Å²) in [6, 6.07) is 5.43. The number of rotatable bonds is 3. The minimum atomic E-state index is -0.789. The van der Waals surface area contributed by atoms with E-state index in [0.717, 1.165) is 0 Å². The molecule has 1 unspecified atom stereocenters. The van der Waals surface area contributed by atoms with Crippen molar-refractivity contribution >= 4 is 17.6 Å². The molecule has 1 N–H and O–H groups in total. The maximum atomic E-state index is 12.2. The van der Waals surface area contributed by atoms with Gasteiger partial charge >= 0.3 is 5.97 Å². The number of nitrogens with one attached hydrogen (secondary N) is 1. The minimum absolute atomic E-state index is 0.102. The molecule has 3 rings (SSSR count). The molecule has 0 saturated heterocycles. The maximum absolute atomic E-state index is 12.2. The molecule has 9 nitrogen and oxygen atoms in total. The Hall–Kier alpha value is -3.23. The highest BCUT2D eigenvalue weighted by Crippen LogP contribution is 2.38. The Morgan fingerprint density at radius 3 is 2.87 bits per heavy atom.